The van der Waals surface area contributed by atoms with Gasteiger partial charge in [0.2, 0.25) is 0 Å². The number of hydrogen-bond donors (Lipinski definition) is 3. The second-order valence-corrected chi connectivity index (χ2v) is 29.9. The quantitative estimate of drug-likeness (QED) is 0.0169. The molecule has 5 atom stereocenters. The minimum absolute atomic E-state index is 0.0814. The zero-order valence-corrected chi connectivity index (χ0v) is 65.4. The van der Waals surface area contributed by atoms with Gasteiger partial charge in [0.15, 0.2) is 12.2 Å². The summed E-state index contributed by atoms with van der Waals surface area (Å²) >= 11 is 0. The zero-order chi connectivity index (χ0) is 73.2. The van der Waals surface area contributed by atoms with Crippen LogP contribution >= 0.6 is 15.6 Å². The fraction of sp³-hybridized carbons (Fsp3) is 0.802. The maximum Gasteiger partial charge on any atom is 0.472 e. The molecule has 0 aliphatic heterocycles. The third-order valence-corrected chi connectivity index (χ3v) is 19.1. The molecule has 0 saturated heterocycles. The Morgan fingerprint density at radius 1 is 0.290 bits per heavy atom. The van der Waals surface area contributed by atoms with Gasteiger partial charge in [-0.05, 0) is 116 Å². The van der Waals surface area contributed by atoms with Gasteiger partial charge < -0.3 is 33.8 Å². The first-order chi connectivity index (χ1) is 48.7. The van der Waals surface area contributed by atoms with Crippen LogP contribution in [-0.4, -0.2) is 96.7 Å². The number of phosphoric acid groups is 2. The zero-order valence-electron chi connectivity index (χ0n) is 63.6. The molecule has 0 spiro atoms. The van der Waals surface area contributed by atoms with Crippen LogP contribution < -0.4 is 0 Å². The van der Waals surface area contributed by atoms with E-state index in [1.807, 2.05) is 0 Å². The van der Waals surface area contributed by atoms with E-state index in [2.05, 4.69) is 101 Å². The summed E-state index contributed by atoms with van der Waals surface area (Å²) in [4.78, 5) is 73.0. The van der Waals surface area contributed by atoms with Gasteiger partial charge >= 0.3 is 39.5 Å². The van der Waals surface area contributed by atoms with Crippen LogP contribution in [0.3, 0.4) is 0 Å². The van der Waals surface area contributed by atoms with Gasteiger partial charge in [0.25, 0.3) is 0 Å². The molecule has 582 valence electrons. The van der Waals surface area contributed by atoms with E-state index in [9.17, 15) is 43.2 Å². The van der Waals surface area contributed by atoms with Crippen LogP contribution in [0.2, 0.25) is 0 Å². The number of ether oxygens (including phenoxy) is 4. The molecule has 0 fully saturated rings. The molecule has 3 N–H and O–H groups in total. The monoisotopic (exact) mass is 1450 g/mol. The maximum absolute atomic E-state index is 13.1. The Morgan fingerprint density at radius 2 is 0.520 bits per heavy atom. The molecule has 0 aromatic rings. The van der Waals surface area contributed by atoms with Crippen molar-refractivity contribution in [1.29, 1.82) is 0 Å². The Bertz CT molecular complexity index is 2180. The molecular formula is C81H146O17P2. The molecule has 100 heavy (non-hydrogen) atoms. The van der Waals surface area contributed by atoms with E-state index in [1.165, 1.54) is 128 Å². The van der Waals surface area contributed by atoms with Gasteiger partial charge in [-0.15, -0.1) is 0 Å². The Hall–Kier alpha value is -3.50. The topological polar surface area (TPSA) is 237 Å². The van der Waals surface area contributed by atoms with Crippen LogP contribution in [0.25, 0.3) is 0 Å². The van der Waals surface area contributed by atoms with Crippen molar-refractivity contribution in [2.45, 2.75) is 380 Å². The highest BCUT2D eigenvalue weighted by atomic mass is 31.2. The van der Waals surface area contributed by atoms with Crippen molar-refractivity contribution in [2.24, 2.45) is 0 Å². The molecule has 0 radical (unpaired) electrons. The lowest BCUT2D eigenvalue weighted by Gasteiger charge is -2.21. The van der Waals surface area contributed by atoms with E-state index in [1.54, 1.807) is 0 Å². The molecule has 5 unspecified atom stereocenters. The number of unbranched alkanes of at least 4 members (excludes halogenated alkanes) is 38. The van der Waals surface area contributed by atoms with Crippen molar-refractivity contribution in [3.05, 3.63) is 72.9 Å². The highest BCUT2D eigenvalue weighted by Gasteiger charge is 2.30. The van der Waals surface area contributed by atoms with E-state index in [4.69, 9.17) is 37.0 Å². The summed E-state index contributed by atoms with van der Waals surface area (Å²) in [5.41, 5.74) is 0. The minimum Gasteiger partial charge on any atom is -0.462 e. The van der Waals surface area contributed by atoms with Crippen LogP contribution in [0.15, 0.2) is 72.9 Å². The summed E-state index contributed by atoms with van der Waals surface area (Å²) in [6.45, 7) is 4.76. The number of esters is 4. The lowest BCUT2D eigenvalue weighted by Crippen LogP contribution is -2.30. The lowest BCUT2D eigenvalue weighted by atomic mass is 10.0. The van der Waals surface area contributed by atoms with Crippen LogP contribution in [0.1, 0.15) is 362 Å². The SMILES string of the molecule is CC/C=C\C/C=C\C/C=C\C/C=C\CCCCCCC(=O)OCC(COP(=O)(O)OCC(O)COP(=O)(O)OCC(COC(=O)CCCCCCC/C=C\CCCCCCCC)OC(=O)CCCCCCCCCCCCCCCCC)OC(=O)CCCCCCC/C=C\CCCCCC. The summed E-state index contributed by atoms with van der Waals surface area (Å²) in [7, 11) is -9.95. The van der Waals surface area contributed by atoms with E-state index >= 15 is 0 Å². The van der Waals surface area contributed by atoms with Crippen molar-refractivity contribution in [2.75, 3.05) is 39.6 Å². The van der Waals surface area contributed by atoms with E-state index in [-0.39, 0.29) is 25.7 Å². The van der Waals surface area contributed by atoms with Gasteiger partial charge in [0, 0.05) is 25.7 Å². The summed E-state index contributed by atoms with van der Waals surface area (Å²) in [6, 6.07) is 0. The fourth-order valence-corrected chi connectivity index (χ4v) is 12.6. The molecule has 0 bridgehead atoms. The van der Waals surface area contributed by atoms with Gasteiger partial charge in [-0.2, -0.15) is 0 Å². The van der Waals surface area contributed by atoms with Crippen molar-refractivity contribution < 1.29 is 80.2 Å². The predicted octanol–water partition coefficient (Wildman–Crippen LogP) is 23.2. The van der Waals surface area contributed by atoms with Crippen molar-refractivity contribution in [1.82, 2.24) is 0 Å². The Kier molecular flexibility index (Phi) is 71.2. The summed E-state index contributed by atoms with van der Waals surface area (Å²) < 4.78 is 68.6. The third-order valence-electron chi connectivity index (χ3n) is 17.2. The van der Waals surface area contributed by atoms with Gasteiger partial charge in [-0.1, -0.05) is 293 Å². The van der Waals surface area contributed by atoms with Crippen molar-refractivity contribution in [3.8, 4) is 0 Å². The molecule has 0 aromatic heterocycles. The van der Waals surface area contributed by atoms with Crippen molar-refractivity contribution >= 4 is 39.5 Å². The van der Waals surface area contributed by atoms with Gasteiger partial charge in [0.05, 0.1) is 26.4 Å². The first-order valence-electron chi connectivity index (χ1n) is 40.2. The number of hydrogen-bond acceptors (Lipinski definition) is 15. The molecule has 0 amide bonds. The second-order valence-electron chi connectivity index (χ2n) is 27.0. The molecule has 17 nitrogen and oxygen atoms in total. The van der Waals surface area contributed by atoms with Crippen LogP contribution in [-0.2, 0) is 65.4 Å². The maximum atomic E-state index is 13.1. The molecule has 0 rings (SSSR count). The van der Waals surface area contributed by atoms with Gasteiger partial charge in [-0.25, -0.2) is 9.13 Å². The smallest absolute Gasteiger partial charge is 0.462 e. The van der Waals surface area contributed by atoms with E-state index < -0.39 is 97.5 Å². The molecule has 0 aromatic carbocycles. The number of rotatable bonds is 76. The summed E-state index contributed by atoms with van der Waals surface area (Å²) in [6.07, 6.45) is 74.5. The largest absolute Gasteiger partial charge is 0.472 e. The second kappa shape index (κ2) is 73.8. The lowest BCUT2D eigenvalue weighted by molar-refractivity contribution is -0.161. The number of carbonyl (C=O) groups excluding carboxylic acids is 4. The number of allylic oxidation sites excluding steroid dienone is 12. The molecule has 0 saturated carbocycles. The van der Waals surface area contributed by atoms with Gasteiger partial charge in [0.1, 0.15) is 19.3 Å². The van der Waals surface area contributed by atoms with E-state index in [0.29, 0.717) is 25.7 Å². The average molecular weight is 1450 g/mol. The van der Waals surface area contributed by atoms with Gasteiger partial charge in [-0.3, -0.25) is 37.3 Å². The summed E-state index contributed by atoms with van der Waals surface area (Å²) in [5.74, 6) is -2.19. The normalized spacial score (nSPS) is 14.3. The summed E-state index contributed by atoms with van der Waals surface area (Å²) in [5, 5.41) is 10.6. The van der Waals surface area contributed by atoms with Crippen molar-refractivity contribution in [3.63, 3.8) is 0 Å². The number of phosphoric ester groups is 2. The fourth-order valence-electron chi connectivity index (χ4n) is 11.0. The average Bonchev–Trinajstić information content (AvgIpc) is 0.965. The molecular weight excluding hydrogens is 1310 g/mol. The highest BCUT2D eigenvalue weighted by molar-refractivity contribution is 7.47. The molecule has 0 aliphatic carbocycles. The Balaban J connectivity index is 5.34. The minimum atomic E-state index is -4.98. The predicted molar refractivity (Wildman–Crippen MR) is 409 cm³/mol. The van der Waals surface area contributed by atoms with Crippen LogP contribution in [0, 0.1) is 0 Å². The molecule has 19 heteroatoms. The first-order valence-corrected chi connectivity index (χ1v) is 43.2. The molecule has 0 aliphatic rings. The Labute approximate surface area is 609 Å². The van der Waals surface area contributed by atoms with E-state index in [0.717, 1.165) is 154 Å². The first kappa shape index (κ1) is 96.5. The number of aliphatic hydroxyl groups excluding tert-OH is 1. The third kappa shape index (κ3) is 72.8. The number of carbonyl (C=O) groups is 4. The molecule has 0 heterocycles. The standard InChI is InChI=1S/C81H146O17P2/c1-5-9-13-17-21-25-29-33-36-37-40-43-46-50-54-58-62-66-79(84)92-71-76(97-80(85)67-63-59-55-51-47-41-32-28-24-20-16-12-8-4)73-95-99(87,88)93-69-75(82)70-94-100(89,90)96-74-77(98-81(86)68-64-60-56-52-48-44-39-35-31-27-23-19-15-11-7-3)72-91-78(83)65-61-57-53-49-45-42-38-34-30-26-22-18-14-10-6-2/h9,13,21,25,28,32-34,36,38,40,43,75-77,82H,5-8,10-12,14-20,22-24,26-27,29-31,35,37,39,41-42,44-74H2,1-4H3,(H,87,88)(H,89,90)/b13-9-,25-21-,32-28-,36-33-,38-34-,43-40-. The number of aliphatic hydroxyl groups is 1. The Morgan fingerprint density at radius 3 is 0.820 bits per heavy atom. The highest BCUT2D eigenvalue weighted by Crippen LogP contribution is 2.45. The van der Waals surface area contributed by atoms with Crippen LogP contribution in [0.5, 0.6) is 0 Å². The van der Waals surface area contributed by atoms with Crippen LogP contribution in [0.4, 0.5) is 0 Å².